The fourth-order valence-electron chi connectivity index (χ4n) is 2.89. The van der Waals surface area contributed by atoms with E-state index in [0.29, 0.717) is 44.2 Å². The third-order valence-corrected chi connectivity index (χ3v) is 6.59. The molecule has 1 aliphatic heterocycles. The van der Waals surface area contributed by atoms with Gasteiger partial charge in [-0.05, 0) is 20.3 Å². The Kier molecular flexibility index (Phi) is 6.59. The summed E-state index contributed by atoms with van der Waals surface area (Å²) in [6.45, 7) is 7.64. The maximum Gasteiger partial charge on any atom is 0.246 e. The highest BCUT2D eigenvalue weighted by Crippen LogP contribution is 2.24. The lowest BCUT2D eigenvalue weighted by molar-refractivity contribution is -0.130. The van der Waals surface area contributed by atoms with E-state index in [2.05, 4.69) is 12.0 Å². The minimum Gasteiger partial charge on any atom is -0.379 e. The van der Waals surface area contributed by atoms with Crippen LogP contribution in [0.4, 0.5) is 0 Å². The Morgan fingerprint density at radius 3 is 2.52 bits per heavy atom. The number of hydrogen-bond donors (Lipinski definition) is 0. The molecule has 0 atom stereocenters. The molecule has 0 bridgehead atoms. The summed E-state index contributed by atoms with van der Waals surface area (Å²) in [7, 11) is -1.87. The lowest BCUT2D eigenvalue weighted by Gasteiger charge is -2.26. The molecule has 1 aromatic heterocycles. The fraction of sp³-hybridized carbons (Fsp3) is 0.750. The summed E-state index contributed by atoms with van der Waals surface area (Å²) in [5, 5.41) is 4.31. The topological polar surface area (TPSA) is 84.7 Å². The number of sulfonamides is 1. The molecule has 1 aliphatic rings. The van der Waals surface area contributed by atoms with E-state index in [1.807, 2.05) is 0 Å². The van der Waals surface area contributed by atoms with E-state index in [1.165, 1.54) is 8.99 Å². The Labute approximate surface area is 149 Å². The molecule has 25 heavy (non-hydrogen) atoms. The quantitative estimate of drug-likeness (QED) is 0.706. The van der Waals surface area contributed by atoms with Crippen molar-refractivity contribution < 1.29 is 17.9 Å². The average molecular weight is 372 g/mol. The number of nitrogens with zero attached hydrogens (tertiary/aromatic N) is 4. The minimum atomic E-state index is -3.63. The molecule has 0 N–H and O–H groups in total. The van der Waals surface area contributed by atoms with Gasteiger partial charge >= 0.3 is 0 Å². The number of hydrogen-bond acceptors (Lipinski definition) is 5. The van der Waals surface area contributed by atoms with Gasteiger partial charge in [0.25, 0.3) is 0 Å². The van der Waals surface area contributed by atoms with Crippen LogP contribution in [0.1, 0.15) is 31.2 Å². The number of amides is 1. The standard InChI is InChI=1S/C16H28N4O4S/c1-5-6-7-18(4)15(21)12-20-14(3)16(13(2)17-20)25(22,23)19-8-10-24-11-9-19/h5-12H2,1-4H3. The summed E-state index contributed by atoms with van der Waals surface area (Å²) in [5.74, 6) is -0.0747. The Bertz CT molecular complexity index is 708. The van der Waals surface area contributed by atoms with E-state index in [-0.39, 0.29) is 17.3 Å². The third-order valence-electron chi connectivity index (χ3n) is 4.44. The lowest BCUT2D eigenvalue weighted by atomic mass is 10.3. The highest BCUT2D eigenvalue weighted by Gasteiger charge is 2.32. The second-order valence-electron chi connectivity index (χ2n) is 6.34. The Hall–Kier alpha value is -1.45. The molecule has 2 rings (SSSR count). The predicted octanol–water partition coefficient (Wildman–Crippen LogP) is 0.779. The van der Waals surface area contributed by atoms with Crippen LogP contribution in [-0.4, -0.2) is 73.2 Å². The zero-order valence-corrected chi connectivity index (χ0v) is 16.3. The number of carbonyl (C=O) groups excluding carboxylic acids is 1. The summed E-state index contributed by atoms with van der Waals surface area (Å²) in [5.41, 5.74) is 0.925. The molecule has 1 fully saturated rings. The van der Waals surface area contributed by atoms with Crippen LogP contribution in [-0.2, 0) is 26.1 Å². The van der Waals surface area contributed by atoms with Gasteiger partial charge in [-0.15, -0.1) is 0 Å². The van der Waals surface area contributed by atoms with Crippen LogP contribution >= 0.6 is 0 Å². The summed E-state index contributed by atoms with van der Waals surface area (Å²) in [4.78, 5) is 14.2. The second kappa shape index (κ2) is 8.29. The molecule has 142 valence electrons. The summed E-state index contributed by atoms with van der Waals surface area (Å²) in [6, 6.07) is 0. The van der Waals surface area contributed by atoms with Crippen LogP contribution < -0.4 is 0 Å². The highest BCUT2D eigenvalue weighted by molar-refractivity contribution is 7.89. The van der Waals surface area contributed by atoms with Crippen LogP contribution in [0.3, 0.4) is 0 Å². The van der Waals surface area contributed by atoms with E-state index < -0.39 is 10.0 Å². The van der Waals surface area contributed by atoms with E-state index in [4.69, 9.17) is 4.74 Å². The van der Waals surface area contributed by atoms with Gasteiger partial charge in [-0.3, -0.25) is 9.48 Å². The molecule has 0 radical (unpaired) electrons. The van der Waals surface area contributed by atoms with Crippen molar-refractivity contribution in [2.24, 2.45) is 0 Å². The first-order valence-corrected chi connectivity index (χ1v) is 10.1. The molecule has 0 saturated carbocycles. The SMILES string of the molecule is CCCCN(C)C(=O)Cn1nc(C)c(S(=O)(=O)N2CCOCC2)c1C. The van der Waals surface area contributed by atoms with Crippen LogP contribution in [0.5, 0.6) is 0 Å². The first-order chi connectivity index (χ1) is 11.8. The second-order valence-corrected chi connectivity index (χ2v) is 8.22. The molecule has 9 heteroatoms. The molecule has 1 saturated heterocycles. The molecule has 1 aromatic rings. The van der Waals surface area contributed by atoms with E-state index in [0.717, 1.165) is 12.8 Å². The maximum absolute atomic E-state index is 12.9. The fourth-order valence-corrected chi connectivity index (χ4v) is 4.67. The number of aromatic nitrogens is 2. The van der Waals surface area contributed by atoms with Crippen LogP contribution in [0.25, 0.3) is 0 Å². The summed E-state index contributed by atoms with van der Waals surface area (Å²) in [6.07, 6.45) is 1.95. The molecule has 0 unspecified atom stereocenters. The third kappa shape index (κ3) is 4.39. The molecule has 0 aliphatic carbocycles. The van der Waals surface area contributed by atoms with Gasteiger partial charge in [0, 0.05) is 26.7 Å². The normalized spacial score (nSPS) is 16.2. The zero-order chi connectivity index (χ0) is 18.6. The van der Waals surface area contributed by atoms with Crippen molar-refractivity contribution >= 4 is 15.9 Å². The number of carbonyl (C=O) groups is 1. The van der Waals surface area contributed by atoms with Gasteiger partial charge in [-0.1, -0.05) is 13.3 Å². The number of ether oxygens (including phenoxy) is 1. The van der Waals surface area contributed by atoms with E-state index in [9.17, 15) is 13.2 Å². The predicted molar refractivity (Wildman–Crippen MR) is 93.8 cm³/mol. The number of likely N-dealkylation sites (N-methyl/N-ethyl adjacent to an activating group) is 1. The Balaban J connectivity index is 2.21. The zero-order valence-electron chi connectivity index (χ0n) is 15.5. The van der Waals surface area contributed by atoms with Gasteiger partial charge in [0.1, 0.15) is 11.4 Å². The largest absolute Gasteiger partial charge is 0.379 e. The van der Waals surface area contributed by atoms with Crippen molar-refractivity contribution in [1.29, 1.82) is 0 Å². The van der Waals surface area contributed by atoms with Crippen molar-refractivity contribution in [3.05, 3.63) is 11.4 Å². The van der Waals surface area contributed by atoms with Crippen molar-refractivity contribution in [3.63, 3.8) is 0 Å². The van der Waals surface area contributed by atoms with Gasteiger partial charge in [0.15, 0.2) is 0 Å². The van der Waals surface area contributed by atoms with Gasteiger partial charge < -0.3 is 9.64 Å². The van der Waals surface area contributed by atoms with Crippen LogP contribution in [0, 0.1) is 13.8 Å². The van der Waals surface area contributed by atoms with E-state index in [1.54, 1.807) is 25.8 Å². The molecular formula is C16H28N4O4S. The molecule has 1 amide bonds. The number of unbranched alkanes of at least 4 members (excludes halogenated alkanes) is 1. The van der Waals surface area contributed by atoms with Gasteiger partial charge in [-0.2, -0.15) is 9.40 Å². The number of morpholine rings is 1. The van der Waals surface area contributed by atoms with Crippen LogP contribution in [0.2, 0.25) is 0 Å². The molecule has 2 heterocycles. The monoisotopic (exact) mass is 372 g/mol. The highest BCUT2D eigenvalue weighted by atomic mass is 32.2. The lowest BCUT2D eigenvalue weighted by Crippen LogP contribution is -2.41. The van der Waals surface area contributed by atoms with Crippen molar-refractivity contribution in [1.82, 2.24) is 19.0 Å². The smallest absolute Gasteiger partial charge is 0.246 e. The summed E-state index contributed by atoms with van der Waals surface area (Å²) < 4.78 is 34.0. The average Bonchev–Trinajstić information content (AvgIpc) is 2.87. The van der Waals surface area contributed by atoms with Crippen LogP contribution in [0.15, 0.2) is 4.90 Å². The first-order valence-electron chi connectivity index (χ1n) is 8.65. The maximum atomic E-state index is 12.9. The molecule has 0 spiro atoms. The Morgan fingerprint density at radius 1 is 1.28 bits per heavy atom. The number of aryl methyl sites for hydroxylation is 1. The van der Waals surface area contributed by atoms with Crippen molar-refractivity contribution in [2.45, 2.75) is 45.1 Å². The van der Waals surface area contributed by atoms with Crippen molar-refractivity contribution in [2.75, 3.05) is 39.9 Å². The molecule has 8 nitrogen and oxygen atoms in total. The number of rotatable bonds is 7. The Morgan fingerprint density at radius 2 is 1.92 bits per heavy atom. The minimum absolute atomic E-state index is 0.0471. The van der Waals surface area contributed by atoms with Gasteiger partial charge in [0.05, 0.1) is 24.6 Å². The van der Waals surface area contributed by atoms with Gasteiger partial charge in [-0.25, -0.2) is 8.42 Å². The summed E-state index contributed by atoms with van der Waals surface area (Å²) >= 11 is 0. The molecular weight excluding hydrogens is 344 g/mol. The first kappa shape index (κ1) is 19.9. The van der Waals surface area contributed by atoms with Gasteiger partial charge in [0.2, 0.25) is 15.9 Å². The van der Waals surface area contributed by atoms with E-state index >= 15 is 0 Å². The van der Waals surface area contributed by atoms with Crippen molar-refractivity contribution in [3.8, 4) is 0 Å². The molecule has 0 aromatic carbocycles.